The average molecular weight is 285 g/mol. The molecule has 2 aromatic heterocycles. The lowest BCUT2D eigenvalue weighted by Crippen LogP contribution is -2.25. The number of fused-ring (bicyclic) bond motifs is 1. The first-order chi connectivity index (χ1) is 9.79. The topological polar surface area (TPSA) is 29.9 Å². The minimum absolute atomic E-state index is 0.345. The Kier molecular flexibility index (Phi) is 3.85. The summed E-state index contributed by atoms with van der Waals surface area (Å²) < 4.78 is 2.24. The first kappa shape index (κ1) is 13.3. The van der Waals surface area contributed by atoms with Crippen molar-refractivity contribution in [2.45, 2.75) is 26.4 Å². The van der Waals surface area contributed by atoms with Crippen LogP contribution in [0.3, 0.4) is 0 Å². The molecule has 4 heteroatoms. The monoisotopic (exact) mass is 285 g/mol. The standard InChI is InChI=1S/C16H19N3S/c1-3-17-14(16-12(2)8-9-20-16)10-19-11-18-13-6-4-5-7-15(13)19/h4-9,11,14,17H,3,10H2,1-2H3. The van der Waals surface area contributed by atoms with Crippen molar-refractivity contribution >= 4 is 22.4 Å². The predicted molar refractivity (Wildman–Crippen MR) is 85.2 cm³/mol. The molecule has 1 unspecified atom stereocenters. The molecular weight excluding hydrogens is 266 g/mol. The molecule has 0 fully saturated rings. The van der Waals surface area contributed by atoms with Gasteiger partial charge in [0.05, 0.1) is 23.4 Å². The molecule has 3 aromatic rings. The van der Waals surface area contributed by atoms with Crippen LogP contribution >= 0.6 is 11.3 Å². The molecule has 0 saturated carbocycles. The average Bonchev–Trinajstić information content (AvgIpc) is 3.05. The van der Waals surface area contributed by atoms with E-state index in [1.807, 2.05) is 23.7 Å². The minimum atomic E-state index is 0.345. The number of hydrogen-bond donors (Lipinski definition) is 1. The molecular formula is C16H19N3S. The van der Waals surface area contributed by atoms with Gasteiger partial charge in [-0.3, -0.25) is 0 Å². The second-order valence-electron chi connectivity index (χ2n) is 4.96. The number of likely N-dealkylation sites (N-methyl/N-ethyl adjacent to an activating group) is 1. The van der Waals surface area contributed by atoms with E-state index in [1.54, 1.807) is 0 Å². The van der Waals surface area contributed by atoms with Crippen LogP contribution in [0.25, 0.3) is 11.0 Å². The van der Waals surface area contributed by atoms with Crippen molar-refractivity contribution in [1.82, 2.24) is 14.9 Å². The fraction of sp³-hybridized carbons (Fsp3) is 0.312. The molecule has 20 heavy (non-hydrogen) atoms. The van der Waals surface area contributed by atoms with Crippen LogP contribution in [-0.2, 0) is 6.54 Å². The van der Waals surface area contributed by atoms with E-state index < -0.39 is 0 Å². The fourth-order valence-corrected chi connectivity index (χ4v) is 3.58. The number of hydrogen-bond acceptors (Lipinski definition) is 3. The van der Waals surface area contributed by atoms with Crippen molar-refractivity contribution in [3.63, 3.8) is 0 Å². The second kappa shape index (κ2) is 5.77. The third kappa shape index (κ3) is 2.49. The summed E-state index contributed by atoms with van der Waals surface area (Å²) in [6.07, 6.45) is 1.94. The van der Waals surface area contributed by atoms with Crippen LogP contribution in [0, 0.1) is 6.92 Å². The van der Waals surface area contributed by atoms with Gasteiger partial charge in [-0.2, -0.15) is 0 Å². The van der Waals surface area contributed by atoms with Gasteiger partial charge in [-0.05, 0) is 42.6 Å². The Morgan fingerprint density at radius 1 is 1.30 bits per heavy atom. The van der Waals surface area contributed by atoms with E-state index in [2.05, 4.69) is 58.4 Å². The number of aryl methyl sites for hydroxylation is 1. The Hall–Kier alpha value is -1.65. The van der Waals surface area contributed by atoms with Crippen LogP contribution in [0.5, 0.6) is 0 Å². The molecule has 0 radical (unpaired) electrons. The molecule has 1 N–H and O–H groups in total. The van der Waals surface area contributed by atoms with Crippen LogP contribution in [-0.4, -0.2) is 16.1 Å². The van der Waals surface area contributed by atoms with Crippen molar-refractivity contribution in [2.24, 2.45) is 0 Å². The van der Waals surface area contributed by atoms with Gasteiger partial charge in [0.1, 0.15) is 0 Å². The lowest BCUT2D eigenvalue weighted by atomic mass is 10.1. The maximum absolute atomic E-state index is 4.47. The van der Waals surface area contributed by atoms with Crippen molar-refractivity contribution in [1.29, 1.82) is 0 Å². The molecule has 0 aliphatic heterocycles. The molecule has 1 atom stereocenters. The third-order valence-electron chi connectivity index (χ3n) is 3.58. The smallest absolute Gasteiger partial charge is 0.0958 e. The summed E-state index contributed by atoms with van der Waals surface area (Å²) in [7, 11) is 0. The summed E-state index contributed by atoms with van der Waals surface area (Å²) in [6, 6.07) is 10.8. The number of thiophene rings is 1. The zero-order valence-electron chi connectivity index (χ0n) is 11.8. The van der Waals surface area contributed by atoms with E-state index in [0.29, 0.717) is 6.04 Å². The van der Waals surface area contributed by atoms with Gasteiger partial charge in [-0.15, -0.1) is 11.3 Å². The fourth-order valence-electron chi connectivity index (χ4n) is 2.58. The maximum Gasteiger partial charge on any atom is 0.0958 e. The van der Waals surface area contributed by atoms with Gasteiger partial charge < -0.3 is 9.88 Å². The highest BCUT2D eigenvalue weighted by Gasteiger charge is 2.15. The zero-order valence-corrected chi connectivity index (χ0v) is 12.7. The Bertz CT molecular complexity index is 698. The summed E-state index contributed by atoms with van der Waals surface area (Å²) in [4.78, 5) is 5.90. The van der Waals surface area contributed by atoms with E-state index in [4.69, 9.17) is 0 Å². The quantitative estimate of drug-likeness (QED) is 0.773. The summed E-state index contributed by atoms with van der Waals surface area (Å²) in [5, 5.41) is 5.76. The number of aromatic nitrogens is 2. The van der Waals surface area contributed by atoms with Gasteiger partial charge in [0.25, 0.3) is 0 Å². The van der Waals surface area contributed by atoms with E-state index >= 15 is 0 Å². The van der Waals surface area contributed by atoms with E-state index in [-0.39, 0.29) is 0 Å². The Morgan fingerprint density at radius 3 is 2.90 bits per heavy atom. The van der Waals surface area contributed by atoms with E-state index in [1.165, 1.54) is 16.0 Å². The molecule has 2 heterocycles. The van der Waals surface area contributed by atoms with E-state index in [0.717, 1.165) is 18.6 Å². The number of nitrogens with zero attached hydrogens (tertiary/aromatic N) is 2. The molecule has 3 nitrogen and oxygen atoms in total. The van der Waals surface area contributed by atoms with Gasteiger partial charge in [-0.25, -0.2) is 4.98 Å². The molecule has 0 spiro atoms. The molecule has 3 rings (SSSR count). The van der Waals surface area contributed by atoms with Gasteiger partial charge in [0, 0.05) is 11.4 Å². The van der Waals surface area contributed by atoms with Crippen molar-refractivity contribution in [3.05, 3.63) is 52.5 Å². The third-order valence-corrected chi connectivity index (χ3v) is 4.71. The minimum Gasteiger partial charge on any atom is -0.329 e. The van der Waals surface area contributed by atoms with Crippen molar-refractivity contribution < 1.29 is 0 Å². The van der Waals surface area contributed by atoms with Gasteiger partial charge in [-0.1, -0.05) is 19.1 Å². The zero-order chi connectivity index (χ0) is 13.9. The highest BCUT2D eigenvalue weighted by molar-refractivity contribution is 7.10. The van der Waals surface area contributed by atoms with Crippen LogP contribution in [0.4, 0.5) is 0 Å². The molecule has 0 aliphatic carbocycles. The van der Waals surface area contributed by atoms with E-state index in [9.17, 15) is 0 Å². The molecule has 0 amide bonds. The maximum atomic E-state index is 4.47. The number of imidazole rings is 1. The number of para-hydroxylation sites is 2. The first-order valence-electron chi connectivity index (χ1n) is 6.97. The summed E-state index contributed by atoms with van der Waals surface area (Å²) in [5.74, 6) is 0. The molecule has 1 aromatic carbocycles. The highest BCUT2D eigenvalue weighted by Crippen LogP contribution is 2.26. The number of rotatable bonds is 5. The van der Waals surface area contributed by atoms with Crippen LogP contribution in [0.1, 0.15) is 23.4 Å². The van der Waals surface area contributed by atoms with Crippen LogP contribution in [0.15, 0.2) is 42.0 Å². The normalized spacial score (nSPS) is 12.9. The highest BCUT2D eigenvalue weighted by atomic mass is 32.1. The lowest BCUT2D eigenvalue weighted by molar-refractivity contribution is 0.486. The molecule has 104 valence electrons. The lowest BCUT2D eigenvalue weighted by Gasteiger charge is -2.18. The summed E-state index contributed by atoms with van der Waals surface area (Å²) >= 11 is 1.83. The van der Waals surface area contributed by atoms with Crippen molar-refractivity contribution in [2.75, 3.05) is 6.54 Å². The Balaban J connectivity index is 1.92. The van der Waals surface area contributed by atoms with Crippen molar-refractivity contribution in [3.8, 4) is 0 Å². The second-order valence-corrected chi connectivity index (χ2v) is 5.91. The summed E-state index contributed by atoms with van der Waals surface area (Å²) in [6.45, 7) is 6.22. The van der Waals surface area contributed by atoms with Crippen LogP contribution < -0.4 is 5.32 Å². The molecule has 0 aliphatic rings. The molecule has 0 bridgehead atoms. The SMILES string of the molecule is CCNC(Cn1cnc2ccccc21)c1sccc1C. The Morgan fingerprint density at radius 2 is 2.15 bits per heavy atom. The van der Waals surface area contributed by atoms with Gasteiger partial charge >= 0.3 is 0 Å². The number of benzene rings is 1. The van der Waals surface area contributed by atoms with Gasteiger partial charge in [0.2, 0.25) is 0 Å². The van der Waals surface area contributed by atoms with Crippen LogP contribution in [0.2, 0.25) is 0 Å². The largest absolute Gasteiger partial charge is 0.329 e. The summed E-state index contributed by atoms with van der Waals surface area (Å²) in [5.41, 5.74) is 3.63. The first-order valence-corrected chi connectivity index (χ1v) is 7.84. The Labute approximate surface area is 123 Å². The predicted octanol–water partition coefficient (Wildman–Crippen LogP) is 3.76. The number of nitrogens with one attached hydrogen (secondary N) is 1. The molecule has 0 saturated heterocycles. The van der Waals surface area contributed by atoms with Gasteiger partial charge in [0.15, 0.2) is 0 Å².